The average molecular weight is 515 g/mol. The number of esters is 1. The molecule has 0 saturated heterocycles. The summed E-state index contributed by atoms with van der Waals surface area (Å²) < 4.78 is 10.5. The van der Waals surface area contributed by atoms with Crippen molar-refractivity contribution in [3.63, 3.8) is 0 Å². The lowest BCUT2D eigenvalue weighted by molar-refractivity contribution is -0.146. The summed E-state index contributed by atoms with van der Waals surface area (Å²) in [7, 11) is 1.37. The fourth-order valence-electron chi connectivity index (χ4n) is 4.48. The van der Waals surface area contributed by atoms with Crippen LogP contribution < -0.4 is 10.1 Å². The molecule has 0 unspecified atom stereocenters. The van der Waals surface area contributed by atoms with Gasteiger partial charge < -0.3 is 19.7 Å². The van der Waals surface area contributed by atoms with Gasteiger partial charge in [-0.15, -0.1) is 0 Å². The molecule has 3 aromatic carbocycles. The number of carbonyl (C=O) groups is 3. The maximum Gasteiger partial charge on any atom is 0.310 e. The van der Waals surface area contributed by atoms with Gasteiger partial charge in [-0.2, -0.15) is 0 Å². The number of hydrogen-bond acceptors (Lipinski definition) is 5. The first-order valence-corrected chi connectivity index (χ1v) is 13.1. The molecule has 7 nitrogen and oxygen atoms in total. The third kappa shape index (κ3) is 6.22. The van der Waals surface area contributed by atoms with Crippen LogP contribution in [-0.4, -0.2) is 42.9 Å². The van der Waals surface area contributed by atoms with Crippen molar-refractivity contribution in [2.45, 2.75) is 39.7 Å². The summed E-state index contributed by atoms with van der Waals surface area (Å²) in [6.07, 6.45) is 2.68. The van der Waals surface area contributed by atoms with E-state index < -0.39 is 0 Å². The van der Waals surface area contributed by atoms with Gasteiger partial charge in [0, 0.05) is 29.9 Å². The first-order chi connectivity index (χ1) is 18.4. The van der Waals surface area contributed by atoms with Gasteiger partial charge in [0.05, 0.1) is 19.6 Å². The summed E-state index contributed by atoms with van der Waals surface area (Å²) in [4.78, 5) is 39.4. The van der Waals surface area contributed by atoms with Crippen molar-refractivity contribution < 1.29 is 23.9 Å². The van der Waals surface area contributed by atoms with Gasteiger partial charge >= 0.3 is 5.97 Å². The molecule has 0 radical (unpaired) electrons. The monoisotopic (exact) mass is 514 g/mol. The Bertz CT molecular complexity index is 1280. The molecule has 0 fully saturated rings. The van der Waals surface area contributed by atoms with Crippen molar-refractivity contribution in [1.29, 1.82) is 0 Å². The Balaban J connectivity index is 1.39. The van der Waals surface area contributed by atoms with E-state index in [0.29, 0.717) is 42.9 Å². The molecule has 4 rings (SSSR count). The quantitative estimate of drug-likeness (QED) is 0.253. The van der Waals surface area contributed by atoms with Gasteiger partial charge in [-0.05, 0) is 72.0 Å². The highest BCUT2D eigenvalue weighted by Gasteiger charge is 2.31. The van der Waals surface area contributed by atoms with E-state index in [2.05, 4.69) is 12.2 Å². The Morgan fingerprint density at radius 2 is 1.68 bits per heavy atom. The minimum absolute atomic E-state index is 0.0742. The third-order valence-electron chi connectivity index (χ3n) is 6.82. The maximum atomic E-state index is 13.1. The molecular formula is C31H34N2O5. The summed E-state index contributed by atoms with van der Waals surface area (Å²) in [5.74, 6) is -0.146. The second-order valence-electron chi connectivity index (χ2n) is 9.44. The number of rotatable bonds is 11. The molecule has 198 valence electrons. The second kappa shape index (κ2) is 12.4. The molecule has 1 heterocycles. The number of anilines is 1. The third-order valence-corrected chi connectivity index (χ3v) is 6.82. The number of ether oxygens (including phenoxy) is 2. The molecule has 38 heavy (non-hydrogen) atoms. The number of amides is 2. The Morgan fingerprint density at radius 1 is 0.974 bits per heavy atom. The van der Waals surface area contributed by atoms with Crippen LogP contribution in [0, 0.1) is 5.92 Å². The fraction of sp³-hybridized carbons (Fsp3) is 0.323. The Kier molecular flexibility index (Phi) is 8.79. The molecule has 2 amide bonds. The van der Waals surface area contributed by atoms with E-state index in [1.165, 1.54) is 7.11 Å². The highest BCUT2D eigenvalue weighted by Crippen LogP contribution is 2.30. The maximum absolute atomic E-state index is 13.1. The van der Waals surface area contributed by atoms with Crippen LogP contribution in [0.25, 0.3) is 11.1 Å². The van der Waals surface area contributed by atoms with Gasteiger partial charge in [0.15, 0.2) is 0 Å². The van der Waals surface area contributed by atoms with Gasteiger partial charge in [-0.25, -0.2) is 0 Å². The molecule has 1 N–H and O–H groups in total. The summed E-state index contributed by atoms with van der Waals surface area (Å²) in [5.41, 5.74) is 4.68. The first kappa shape index (κ1) is 26.9. The molecule has 3 aromatic rings. The zero-order valence-electron chi connectivity index (χ0n) is 22.2. The molecule has 1 aliphatic heterocycles. The van der Waals surface area contributed by atoms with Gasteiger partial charge in [-0.3, -0.25) is 14.4 Å². The van der Waals surface area contributed by atoms with Crippen LogP contribution >= 0.6 is 0 Å². The summed E-state index contributed by atoms with van der Waals surface area (Å²) >= 11 is 0. The number of methoxy groups -OCH3 is 1. The molecule has 0 spiro atoms. The van der Waals surface area contributed by atoms with Crippen molar-refractivity contribution in [1.82, 2.24) is 4.90 Å². The fourth-order valence-corrected chi connectivity index (χ4v) is 4.48. The van der Waals surface area contributed by atoms with E-state index in [9.17, 15) is 14.4 Å². The largest absolute Gasteiger partial charge is 0.494 e. The summed E-state index contributed by atoms with van der Waals surface area (Å²) in [6, 6.07) is 20.5. The van der Waals surface area contributed by atoms with Gasteiger partial charge in [0.1, 0.15) is 5.75 Å². The summed E-state index contributed by atoms with van der Waals surface area (Å²) in [5, 5.41) is 2.92. The van der Waals surface area contributed by atoms with Crippen LogP contribution in [0.15, 0.2) is 66.7 Å². The van der Waals surface area contributed by atoms with Gasteiger partial charge in [0.2, 0.25) is 0 Å². The highest BCUT2D eigenvalue weighted by molar-refractivity contribution is 6.04. The smallest absolute Gasteiger partial charge is 0.310 e. The molecular weight excluding hydrogens is 480 g/mol. The molecule has 1 aliphatic rings. The Labute approximate surface area is 223 Å². The molecule has 7 heteroatoms. The van der Waals surface area contributed by atoms with Crippen LogP contribution in [0.2, 0.25) is 0 Å². The van der Waals surface area contributed by atoms with E-state index in [0.717, 1.165) is 35.3 Å². The first-order valence-electron chi connectivity index (χ1n) is 13.1. The van der Waals surface area contributed by atoms with Crippen molar-refractivity contribution in [2.24, 2.45) is 5.92 Å². The standard InChI is InChI=1S/C31H34N2O5/c1-4-6-17-38-27-15-11-23(12-16-27)29(34)32-26-13-9-22(10-14-26)24-7-8-25-20-33(30(35)28(25)18-24)19-21(5-2)31(36)37-3/h7-16,18,21H,4-6,17,19-20H2,1-3H3,(H,32,34)/t21-/m0/s1. The van der Waals surface area contributed by atoms with E-state index in [1.54, 1.807) is 17.0 Å². The minimum Gasteiger partial charge on any atom is -0.494 e. The Morgan fingerprint density at radius 3 is 2.34 bits per heavy atom. The molecule has 0 saturated carbocycles. The predicted molar refractivity (Wildman–Crippen MR) is 147 cm³/mol. The predicted octanol–water partition coefficient (Wildman–Crippen LogP) is 5.94. The number of unbranched alkanes of at least 4 members (excludes halogenated alkanes) is 1. The minimum atomic E-state index is -0.336. The number of hydrogen-bond donors (Lipinski definition) is 1. The van der Waals surface area contributed by atoms with Crippen LogP contribution in [0.4, 0.5) is 5.69 Å². The van der Waals surface area contributed by atoms with Crippen LogP contribution in [-0.2, 0) is 16.1 Å². The van der Waals surface area contributed by atoms with E-state index >= 15 is 0 Å². The topological polar surface area (TPSA) is 84.9 Å². The molecule has 0 aromatic heterocycles. The van der Waals surface area contributed by atoms with E-state index in [1.807, 2.05) is 61.5 Å². The SMILES string of the molecule is CCCCOc1ccc(C(=O)Nc2ccc(-c3ccc4c(c3)C(=O)N(C[C@H](CC)C(=O)OC)C4)cc2)cc1. The number of benzene rings is 3. The lowest BCUT2D eigenvalue weighted by Gasteiger charge is -2.20. The zero-order chi connectivity index (χ0) is 27.1. The van der Waals surface area contributed by atoms with Crippen LogP contribution in [0.3, 0.4) is 0 Å². The van der Waals surface area contributed by atoms with Crippen LogP contribution in [0.5, 0.6) is 5.75 Å². The number of nitrogens with zero attached hydrogens (tertiary/aromatic N) is 1. The second-order valence-corrected chi connectivity index (χ2v) is 9.44. The molecule has 0 aliphatic carbocycles. The highest BCUT2D eigenvalue weighted by atomic mass is 16.5. The van der Waals surface area contributed by atoms with Crippen molar-refractivity contribution in [3.05, 3.63) is 83.4 Å². The number of nitrogens with one attached hydrogen (secondary N) is 1. The molecule has 1 atom stereocenters. The summed E-state index contributed by atoms with van der Waals surface area (Å²) in [6.45, 7) is 5.52. The molecule has 0 bridgehead atoms. The average Bonchev–Trinajstić information content (AvgIpc) is 3.26. The number of fused-ring (bicyclic) bond motifs is 1. The lowest BCUT2D eigenvalue weighted by Crippen LogP contribution is -2.33. The van der Waals surface area contributed by atoms with Gasteiger partial charge in [0.25, 0.3) is 11.8 Å². The van der Waals surface area contributed by atoms with Gasteiger partial charge in [-0.1, -0.05) is 44.5 Å². The van der Waals surface area contributed by atoms with E-state index in [-0.39, 0.29) is 23.7 Å². The van der Waals surface area contributed by atoms with Crippen molar-refractivity contribution in [3.8, 4) is 16.9 Å². The normalized spacial score (nSPS) is 13.1. The van der Waals surface area contributed by atoms with Crippen molar-refractivity contribution in [2.75, 3.05) is 25.6 Å². The van der Waals surface area contributed by atoms with E-state index in [4.69, 9.17) is 9.47 Å². The Hall–Kier alpha value is -4.13. The number of carbonyl (C=O) groups excluding carboxylic acids is 3. The zero-order valence-corrected chi connectivity index (χ0v) is 22.2. The van der Waals surface area contributed by atoms with Crippen LogP contribution in [0.1, 0.15) is 59.4 Å². The van der Waals surface area contributed by atoms with Crippen molar-refractivity contribution >= 4 is 23.5 Å². The lowest BCUT2D eigenvalue weighted by atomic mass is 10.00.